The monoisotopic (exact) mass is 470 g/mol. The highest BCUT2D eigenvalue weighted by Gasteiger charge is 2.31. The van der Waals surface area contributed by atoms with Gasteiger partial charge in [0.25, 0.3) is 0 Å². The van der Waals surface area contributed by atoms with Crippen molar-refractivity contribution in [3.05, 3.63) is 46.3 Å². The molecular formula is C23H33F3N4O3. The molecule has 6 N–H and O–H groups in total. The lowest BCUT2D eigenvalue weighted by atomic mass is 9.99. The molecule has 1 atom stereocenters. The maximum absolute atomic E-state index is 12.9. The number of aromatic hydroxyl groups is 1. The largest absolute Gasteiger partial charge is 0.507 e. The zero-order valence-corrected chi connectivity index (χ0v) is 19.6. The van der Waals surface area contributed by atoms with E-state index in [2.05, 4.69) is 5.32 Å². The van der Waals surface area contributed by atoms with Crippen molar-refractivity contribution < 1.29 is 27.8 Å². The lowest BCUT2D eigenvalue weighted by Crippen LogP contribution is -2.50. The first-order chi connectivity index (χ1) is 15.1. The van der Waals surface area contributed by atoms with Gasteiger partial charge in [-0.1, -0.05) is 0 Å². The normalized spacial score (nSPS) is 18.9. The number of carbonyl (C=O) groups excluding carboxylic acids is 1. The van der Waals surface area contributed by atoms with Gasteiger partial charge in [0.1, 0.15) is 11.4 Å². The fraction of sp³-hybridized carbons (Fsp3) is 0.522. The number of ether oxygens (including phenoxy) is 1. The fourth-order valence-corrected chi connectivity index (χ4v) is 3.46. The SMILES string of the molecule is CC(=C(/N)c1ccc(C(F)(F)F)cc1O)/C(C)=C(\N)NC1CCCN(C(=O)OC(C)(C)C)C1. The molecule has 184 valence electrons. The van der Waals surface area contributed by atoms with Crippen LogP contribution >= 0.6 is 0 Å². The van der Waals surface area contributed by atoms with Gasteiger partial charge in [0.2, 0.25) is 0 Å². The summed E-state index contributed by atoms with van der Waals surface area (Å²) in [5, 5.41) is 13.3. The van der Waals surface area contributed by atoms with Crippen LogP contribution in [0.5, 0.6) is 5.75 Å². The van der Waals surface area contributed by atoms with Crippen molar-refractivity contribution in [1.82, 2.24) is 10.2 Å². The van der Waals surface area contributed by atoms with Crippen molar-refractivity contribution in [1.29, 1.82) is 0 Å². The van der Waals surface area contributed by atoms with E-state index in [1.165, 1.54) is 0 Å². The number of nitrogens with zero attached hydrogens (tertiary/aromatic N) is 1. The molecule has 0 bridgehead atoms. The second-order valence-electron chi connectivity index (χ2n) is 9.22. The molecular weight excluding hydrogens is 437 g/mol. The van der Waals surface area contributed by atoms with Crippen LogP contribution in [0.2, 0.25) is 0 Å². The lowest BCUT2D eigenvalue weighted by molar-refractivity contribution is -0.137. The molecule has 1 aromatic carbocycles. The van der Waals surface area contributed by atoms with Crippen LogP contribution in [0.1, 0.15) is 58.6 Å². The number of phenolic OH excluding ortho intramolecular Hbond substituents is 1. The molecule has 1 saturated heterocycles. The van der Waals surface area contributed by atoms with Gasteiger partial charge >= 0.3 is 12.3 Å². The summed E-state index contributed by atoms with van der Waals surface area (Å²) in [5.74, 6) is -0.237. The predicted molar refractivity (Wildman–Crippen MR) is 121 cm³/mol. The van der Waals surface area contributed by atoms with Crippen LogP contribution in [0.4, 0.5) is 18.0 Å². The van der Waals surface area contributed by atoms with Gasteiger partial charge in [-0.2, -0.15) is 13.2 Å². The number of piperidine rings is 1. The van der Waals surface area contributed by atoms with Crippen LogP contribution in [-0.2, 0) is 10.9 Å². The first-order valence-electron chi connectivity index (χ1n) is 10.7. The Morgan fingerprint density at radius 2 is 1.82 bits per heavy atom. The molecule has 0 aliphatic carbocycles. The van der Waals surface area contributed by atoms with Crippen LogP contribution < -0.4 is 16.8 Å². The second kappa shape index (κ2) is 9.84. The van der Waals surface area contributed by atoms with Crippen molar-refractivity contribution in [3.8, 4) is 5.75 Å². The van der Waals surface area contributed by atoms with E-state index >= 15 is 0 Å². The average Bonchev–Trinajstić information content (AvgIpc) is 2.70. The Morgan fingerprint density at radius 1 is 1.18 bits per heavy atom. The molecule has 0 aromatic heterocycles. The van der Waals surface area contributed by atoms with Gasteiger partial charge in [-0.15, -0.1) is 0 Å². The summed E-state index contributed by atoms with van der Waals surface area (Å²) >= 11 is 0. The van der Waals surface area contributed by atoms with E-state index in [-0.39, 0.29) is 23.4 Å². The van der Waals surface area contributed by atoms with E-state index in [1.54, 1.807) is 18.7 Å². The first-order valence-corrected chi connectivity index (χ1v) is 10.7. The van der Waals surface area contributed by atoms with Gasteiger partial charge in [0.05, 0.1) is 11.4 Å². The maximum atomic E-state index is 12.9. The first kappa shape index (κ1) is 26.2. The zero-order chi connectivity index (χ0) is 25.1. The summed E-state index contributed by atoms with van der Waals surface area (Å²) < 4.78 is 44.0. The second-order valence-corrected chi connectivity index (χ2v) is 9.22. The molecule has 2 rings (SSSR count). The molecule has 1 unspecified atom stereocenters. The molecule has 0 spiro atoms. The summed E-state index contributed by atoms with van der Waals surface area (Å²) in [4.78, 5) is 14.0. The average molecular weight is 471 g/mol. The Morgan fingerprint density at radius 3 is 2.36 bits per heavy atom. The summed E-state index contributed by atoms with van der Waals surface area (Å²) in [6.07, 6.45) is -3.38. The van der Waals surface area contributed by atoms with Crippen LogP contribution in [0.3, 0.4) is 0 Å². The summed E-state index contributed by atoms with van der Waals surface area (Å²) in [5.41, 5.74) is 12.1. The molecule has 1 aromatic rings. The number of halogens is 3. The molecule has 1 aliphatic heterocycles. The number of hydrogen-bond donors (Lipinski definition) is 4. The number of amides is 1. The summed E-state index contributed by atoms with van der Waals surface area (Å²) in [6.45, 7) is 9.83. The smallest absolute Gasteiger partial charge is 0.416 e. The topological polar surface area (TPSA) is 114 Å². The van der Waals surface area contributed by atoms with Gasteiger partial charge in [0.15, 0.2) is 0 Å². The standard InChI is InChI=1S/C23H33F3N4O3/c1-13(19(27)17-9-8-15(11-18(17)31)23(24,25)26)14(2)20(28)29-16-7-6-10-30(12-16)21(32)33-22(3,4)5/h8-9,11,16,29,31H,6-7,10,12,27-28H2,1-5H3/b19-13-,20-14+. The summed E-state index contributed by atoms with van der Waals surface area (Å²) in [7, 11) is 0. The molecule has 1 heterocycles. The number of rotatable bonds is 4. The third-order valence-corrected chi connectivity index (χ3v) is 5.42. The quantitative estimate of drug-likeness (QED) is 0.489. The highest BCUT2D eigenvalue weighted by molar-refractivity contribution is 5.73. The third kappa shape index (κ3) is 6.97. The van der Waals surface area contributed by atoms with Crippen LogP contribution in [0, 0.1) is 0 Å². The summed E-state index contributed by atoms with van der Waals surface area (Å²) in [6, 6.07) is 2.54. The number of nitrogens with one attached hydrogen (secondary N) is 1. The van der Waals surface area contributed by atoms with Gasteiger partial charge < -0.3 is 31.5 Å². The number of likely N-dealkylation sites (tertiary alicyclic amines) is 1. The van der Waals surface area contributed by atoms with E-state index in [0.717, 1.165) is 25.0 Å². The number of benzene rings is 1. The molecule has 7 nitrogen and oxygen atoms in total. The number of alkyl halides is 3. The molecule has 0 saturated carbocycles. The van der Waals surface area contributed by atoms with E-state index in [1.807, 2.05) is 20.8 Å². The van der Waals surface area contributed by atoms with E-state index in [4.69, 9.17) is 16.2 Å². The Bertz CT molecular complexity index is 949. The minimum atomic E-state index is -4.57. The Balaban J connectivity index is 2.18. The Hall–Kier alpha value is -3.04. The van der Waals surface area contributed by atoms with Crippen molar-refractivity contribution in [3.63, 3.8) is 0 Å². The molecule has 33 heavy (non-hydrogen) atoms. The van der Waals surface area contributed by atoms with E-state index < -0.39 is 23.1 Å². The van der Waals surface area contributed by atoms with Crippen LogP contribution in [0.25, 0.3) is 5.70 Å². The van der Waals surface area contributed by atoms with Gasteiger partial charge in [0, 0.05) is 30.4 Å². The predicted octanol–water partition coefficient (Wildman–Crippen LogP) is 4.28. The number of carbonyl (C=O) groups is 1. The molecule has 1 aliphatic rings. The van der Waals surface area contributed by atoms with Crippen LogP contribution in [-0.4, -0.2) is 40.8 Å². The van der Waals surface area contributed by atoms with Crippen LogP contribution in [0.15, 0.2) is 35.2 Å². The molecule has 0 radical (unpaired) electrons. The van der Waals surface area contributed by atoms with Gasteiger partial charge in [-0.05, 0) is 76.8 Å². The van der Waals surface area contributed by atoms with Gasteiger partial charge in [-0.25, -0.2) is 4.79 Å². The molecule has 1 amide bonds. The highest BCUT2D eigenvalue weighted by Crippen LogP contribution is 2.35. The van der Waals surface area contributed by atoms with Crippen molar-refractivity contribution in [2.75, 3.05) is 13.1 Å². The van der Waals surface area contributed by atoms with E-state index in [9.17, 15) is 23.1 Å². The highest BCUT2D eigenvalue weighted by atomic mass is 19.4. The zero-order valence-electron chi connectivity index (χ0n) is 19.6. The Labute approximate surface area is 192 Å². The third-order valence-electron chi connectivity index (χ3n) is 5.42. The number of nitrogens with two attached hydrogens (primary N) is 2. The molecule has 1 fully saturated rings. The van der Waals surface area contributed by atoms with Crippen molar-refractivity contribution >= 4 is 11.8 Å². The minimum Gasteiger partial charge on any atom is -0.507 e. The van der Waals surface area contributed by atoms with E-state index in [0.29, 0.717) is 36.1 Å². The maximum Gasteiger partial charge on any atom is 0.416 e. The molecule has 10 heteroatoms. The lowest BCUT2D eigenvalue weighted by Gasteiger charge is -2.35. The van der Waals surface area contributed by atoms with Crippen molar-refractivity contribution in [2.45, 2.75) is 65.3 Å². The number of hydrogen-bond acceptors (Lipinski definition) is 6. The van der Waals surface area contributed by atoms with Gasteiger partial charge in [-0.3, -0.25) is 0 Å². The van der Waals surface area contributed by atoms with Crippen molar-refractivity contribution in [2.24, 2.45) is 11.5 Å². The number of phenols is 1. The minimum absolute atomic E-state index is 0.0846. The Kier molecular flexibility index (Phi) is 7.82. The fourth-order valence-electron chi connectivity index (χ4n) is 3.46. The number of allylic oxidation sites excluding steroid dienone is 2.